The zero-order valence-corrected chi connectivity index (χ0v) is 5.41. The Morgan fingerprint density at radius 3 is 2.80 bits per heavy atom. The molecule has 1 heterocycles. The number of hydrogen-bond donors (Lipinski definition) is 2. The maximum atomic E-state index is 5.42. The molecule has 1 aromatic heterocycles. The Morgan fingerprint density at radius 2 is 2.20 bits per heavy atom. The average Bonchev–Trinajstić information content (AvgIpc) is 1.94. The van der Waals surface area contributed by atoms with Gasteiger partial charge in [0.25, 0.3) is 0 Å². The van der Waals surface area contributed by atoms with Crippen LogP contribution < -0.4 is 11.1 Å². The van der Waals surface area contributed by atoms with Crippen LogP contribution >= 0.6 is 0 Å². The van der Waals surface area contributed by atoms with Gasteiger partial charge in [0, 0.05) is 12.4 Å². The summed E-state index contributed by atoms with van der Waals surface area (Å²) in [6, 6.07) is 0. The summed E-state index contributed by atoms with van der Waals surface area (Å²) in [6.07, 6.45) is 4.59. The highest BCUT2D eigenvalue weighted by atomic mass is 15.0. The van der Waals surface area contributed by atoms with Crippen molar-refractivity contribution in [2.75, 3.05) is 11.1 Å². The maximum absolute atomic E-state index is 5.42. The molecule has 0 atom stereocenters. The molecule has 0 unspecified atom stereocenters. The first-order chi connectivity index (χ1) is 4.84. The van der Waals surface area contributed by atoms with Crippen LogP contribution in [-0.4, -0.2) is 9.97 Å². The molecule has 0 aliphatic rings. The van der Waals surface area contributed by atoms with Crippen molar-refractivity contribution in [1.29, 1.82) is 0 Å². The van der Waals surface area contributed by atoms with Gasteiger partial charge in [0.1, 0.15) is 0 Å². The SMILES string of the molecule is C=CNc1nccnc1N. The van der Waals surface area contributed by atoms with E-state index in [-0.39, 0.29) is 0 Å². The Morgan fingerprint density at radius 1 is 1.50 bits per heavy atom. The van der Waals surface area contributed by atoms with E-state index in [0.717, 1.165) is 0 Å². The van der Waals surface area contributed by atoms with Crippen LogP contribution in [0.5, 0.6) is 0 Å². The van der Waals surface area contributed by atoms with Gasteiger partial charge in [-0.25, -0.2) is 9.97 Å². The van der Waals surface area contributed by atoms with Gasteiger partial charge < -0.3 is 11.1 Å². The highest BCUT2D eigenvalue weighted by Gasteiger charge is 1.94. The van der Waals surface area contributed by atoms with E-state index < -0.39 is 0 Å². The van der Waals surface area contributed by atoms with Crippen molar-refractivity contribution in [3.63, 3.8) is 0 Å². The normalized spacial score (nSPS) is 8.80. The van der Waals surface area contributed by atoms with E-state index in [0.29, 0.717) is 11.6 Å². The number of nitrogens with two attached hydrogens (primary N) is 1. The van der Waals surface area contributed by atoms with Crippen LogP contribution in [0.2, 0.25) is 0 Å². The number of nitrogens with one attached hydrogen (secondary N) is 1. The summed E-state index contributed by atoms with van der Waals surface area (Å²) in [6.45, 7) is 3.46. The van der Waals surface area contributed by atoms with E-state index in [2.05, 4.69) is 21.9 Å². The lowest BCUT2D eigenvalue weighted by molar-refractivity contribution is 1.21. The second kappa shape index (κ2) is 2.82. The van der Waals surface area contributed by atoms with Crippen LogP contribution in [0, 0.1) is 0 Å². The van der Waals surface area contributed by atoms with Gasteiger partial charge >= 0.3 is 0 Å². The summed E-state index contributed by atoms with van der Waals surface area (Å²) in [5.74, 6) is 0.917. The molecule has 0 aromatic carbocycles. The van der Waals surface area contributed by atoms with Crippen molar-refractivity contribution >= 4 is 11.6 Å². The Bertz CT molecular complexity index is 233. The quantitative estimate of drug-likeness (QED) is 0.625. The largest absolute Gasteiger partial charge is 0.381 e. The molecule has 3 N–H and O–H groups in total. The molecule has 0 bridgehead atoms. The molecule has 4 nitrogen and oxygen atoms in total. The minimum absolute atomic E-state index is 0.377. The molecule has 0 aliphatic heterocycles. The number of aromatic nitrogens is 2. The van der Waals surface area contributed by atoms with Gasteiger partial charge in [-0.2, -0.15) is 0 Å². The highest BCUT2D eigenvalue weighted by Crippen LogP contribution is 2.07. The fourth-order valence-electron chi connectivity index (χ4n) is 0.557. The van der Waals surface area contributed by atoms with Gasteiger partial charge in [-0.05, 0) is 6.20 Å². The van der Waals surface area contributed by atoms with Crippen molar-refractivity contribution in [3.05, 3.63) is 25.2 Å². The molecule has 0 saturated carbocycles. The van der Waals surface area contributed by atoms with Gasteiger partial charge in [-0.15, -0.1) is 0 Å². The number of anilines is 2. The zero-order valence-electron chi connectivity index (χ0n) is 5.41. The summed E-state index contributed by atoms with van der Waals surface area (Å²) in [4.78, 5) is 7.70. The highest BCUT2D eigenvalue weighted by molar-refractivity contribution is 5.56. The summed E-state index contributed by atoms with van der Waals surface area (Å²) < 4.78 is 0. The Hall–Kier alpha value is -1.58. The number of nitrogen functional groups attached to an aromatic ring is 1. The lowest BCUT2D eigenvalue weighted by atomic mass is 10.6. The lowest BCUT2D eigenvalue weighted by Crippen LogP contribution is -1.98. The summed E-state index contributed by atoms with van der Waals surface area (Å²) in [5.41, 5.74) is 5.42. The fraction of sp³-hybridized carbons (Fsp3) is 0. The topological polar surface area (TPSA) is 63.8 Å². The van der Waals surface area contributed by atoms with Gasteiger partial charge in [0.15, 0.2) is 11.6 Å². The second-order valence-corrected chi connectivity index (χ2v) is 1.64. The molecule has 0 spiro atoms. The van der Waals surface area contributed by atoms with Crippen LogP contribution in [0.4, 0.5) is 11.6 Å². The summed E-state index contributed by atoms with van der Waals surface area (Å²) in [5, 5.41) is 2.74. The maximum Gasteiger partial charge on any atom is 0.172 e. The molecule has 0 saturated heterocycles. The standard InChI is InChI=1S/C6H8N4/c1-2-8-6-5(7)9-3-4-10-6/h2-4H,1H2,(H2,7,9)(H,8,10). The Balaban J connectivity index is 2.91. The van der Waals surface area contributed by atoms with Crippen molar-refractivity contribution in [2.45, 2.75) is 0 Å². The van der Waals surface area contributed by atoms with E-state index >= 15 is 0 Å². The molecule has 1 rings (SSSR count). The molecule has 52 valence electrons. The molecule has 0 amide bonds. The Labute approximate surface area is 58.8 Å². The van der Waals surface area contributed by atoms with Crippen molar-refractivity contribution < 1.29 is 0 Å². The van der Waals surface area contributed by atoms with Crippen LogP contribution in [-0.2, 0) is 0 Å². The first-order valence-corrected chi connectivity index (χ1v) is 2.78. The van der Waals surface area contributed by atoms with Gasteiger partial charge in [-0.1, -0.05) is 6.58 Å². The number of hydrogen-bond acceptors (Lipinski definition) is 4. The number of rotatable bonds is 2. The third-order valence-electron chi connectivity index (χ3n) is 0.965. The minimum Gasteiger partial charge on any atom is -0.381 e. The minimum atomic E-state index is 0.377. The van der Waals surface area contributed by atoms with E-state index in [1.165, 1.54) is 12.4 Å². The predicted octanol–water partition coefficient (Wildman–Crippen LogP) is 0.614. The first-order valence-electron chi connectivity index (χ1n) is 2.78. The molecule has 4 heteroatoms. The smallest absolute Gasteiger partial charge is 0.172 e. The first kappa shape index (κ1) is 6.54. The molecule has 0 fully saturated rings. The lowest BCUT2D eigenvalue weighted by Gasteiger charge is -1.99. The number of nitrogens with zero attached hydrogens (tertiary/aromatic N) is 2. The summed E-state index contributed by atoms with van der Waals surface area (Å²) in [7, 11) is 0. The molecular weight excluding hydrogens is 128 g/mol. The molecule has 0 aliphatic carbocycles. The van der Waals surface area contributed by atoms with E-state index in [1.807, 2.05) is 0 Å². The van der Waals surface area contributed by atoms with E-state index in [1.54, 1.807) is 6.20 Å². The van der Waals surface area contributed by atoms with Crippen molar-refractivity contribution in [3.8, 4) is 0 Å². The average molecular weight is 136 g/mol. The van der Waals surface area contributed by atoms with Crippen molar-refractivity contribution in [2.24, 2.45) is 0 Å². The molecule has 1 aromatic rings. The van der Waals surface area contributed by atoms with Crippen molar-refractivity contribution in [1.82, 2.24) is 9.97 Å². The predicted molar refractivity (Wildman–Crippen MR) is 40.3 cm³/mol. The fourth-order valence-corrected chi connectivity index (χ4v) is 0.557. The van der Waals surface area contributed by atoms with Gasteiger partial charge in [0.05, 0.1) is 0 Å². The zero-order chi connectivity index (χ0) is 7.40. The molecule has 0 radical (unpaired) electrons. The third kappa shape index (κ3) is 1.22. The van der Waals surface area contributed by atoms with Crippen LogP contribution in [0.25, 0.3) is 0 Å². The third-order valence-corrected chi connectivity index (χ3v) is 0.965. The monoisotopic (exact) mass is 136 g/mol. The van der Waals surface area contributed by atoms with Gasteiger partial charge in [-0.3, -0.25) is 0 Å². The summed E-state index contributed by atoms with van der Waals surface area (Å²) >= 11 is 0. The van der Waals surface area contributed by atoms with Crippen LogP contribution in [0.3, 0.4) is 0 Å². The Kier molecular flexibility index (Phi) is 1.84. The van der Waals surface area contributed by atoms with E-state index in [9.17, 15) is 0 Å². The molecular formula is C6H8N4. The second-order valence-electron chi connectivity index (χ2n) is 1.64. The van der Waals surface area contributed by atoms with E-state index in [4.69, 9.17) is 5.73 Å². The van der Waals surface area contributed by atoms with Crippen LogP contribution in [0.15, 0.2) is 25.2 Å². The van der Waals surface area contributed by atoms with Gasteiger partial charge in [0.2, 0.25) is 0 Å². The van der Waals surface area contributed by atoms with Crippen LogP contribution in [0.1, 0.15) is 0 Å². The molecule has 10 heavy (non-hydrogen) atoms.